The Morgan fingerprint density at radius 1 is 1.00 bits per heavy atom. The first kappa shape index (κ1) is 15.6. The lowest BCUT2D eigenvalue weighted by molar-refractivity contribution is -0.127. The van der Waals surface area contributed by atoms with Crippen LogP contribution in [-0.2, 0) is 20.8 Å². The number of amides is 3. The van der Waals surface area contributed by atoms with Gasteiger partial charge in [0.2, 0.25) is 16.9 Å². The average molecular weight is 326 g/mol. The molecule has 0 saturated heterocycles. The molecule has 0 radical (unpaired) electrons. The molecule has 1 aromatic rings. The predicted octanol–water partition coefficient (Wildman–Crippen LogP) is -0.356. The lowest BCUT2D eigenvalue weighted by Gasteiger charge is -2.03. The van der Waals surface area contributed by atoms with Gasteiger partial charge < -0.3 is 0 Å². The highest BCUT2D eigenvalue weighted by molar-refractivity contribution is 7.15. The number of nitrogens with one attached hydrogen (secondary N) is 3. The molecule has 0 spiro atoms. The van der Waals surface area contributed by atoms with Crippen LogP contribution < -0.4 is 16.2 Å². The van der Waals surface area contributed by atoms with Crippen molar-refractivity contribution in [2.24, 2.45) is 0 Å². The van der Waals surface area contributed by atoms with Gasteiger partial charge in [-0.1, -0.05) is 11.3 Å². The Labute approximate surface area is 121 Å². The number of anilines is 1. The van der Waals surface area contributed by atoms with Crippen molar-refractivity contribution in [2.75, 3.05) is 17.1 Å². The highest BCUT2D eigenvalue weighted by atomic mass is 35.5. The number of alkyl halides is 2. The van der Waals surface area contributed by atoms with E-state index in [9.17, 15) is 14.4 Å². The van der Waals surface area contributed by atoms with Gasteiger partial charge in [0.25, 0.3) is 5.91 Å². The van der Waals surface area contributed by atoms with Gasteiger partial charge in [0.15, 0.2) is 0 Å². The van der Waals surface area contributed by atoms with Crippen molar-refractivity contribution >= 4 is 57.4 Å². The zero-order valence-electron chi connectivity index (χ0n) is 9.40. The molecule has 104 valence electrons. The molecule has 1 rings (SSSR count). The standard InChI is InChI=1S/C8H9Cl2N5O3S/c9-2-5(17)11-8-15-14-7(19-8)1-4(16)12-13-6(18)3-10/h1-3H2,(H,12,16)(H,13,18)(H,11,15,17). The zero-order valence-corrected chi connectivity index (χ0v) is 11.7. The molecule has 0 atom stereocenters. The van der Waals surface area contributed by atoms with Crippen LogP contribution in [0.5, 0.6) is 0 Å². The molecule has 0 bridgehead atoms. The maximum atomic E-state index is 11.4. The summed E-state index contributed by atoms with van der Waals surface area (Å²) in [4.78, 5) is 33.1. The molecule has 8 nitrogen and oxygen atoms in total. The summed E-state index contributed by atoms with van der Waals surface area (Å²) < 4.78 is 0. The van der Waals surface area contributed by atoms with Gasteiger partial charge in [0, 0.05) is 0 Å². The van der Waals surface area contributed by atoms with Crippen LogP contribution >= 0.6 is 34.5 Å². The van der Waals surface area contributed by atoms with Crippen molar-refractivity contribution < 1.29 is 14.4 Å². The van der Waals surface area contributed by atoms with Crippen LogP contribution in [0.4, 0.5) is 5.13 Å². The second kappa shape index (κ2) is 7.87. The summed E-state index contributed by atoms with van der Waals surface area (Å²) in [5.74, 6) is -1.87. The number of nitrogens with zero attached hydrogens (tertiary/aromatic N) is 2. The molecule has 0 aromatic carbocycles. The van der Waals surface area contributed by atoms with Crippen LogP contribution in [0.25, 0.3) is 0 Å². The summed E-state index contributed by atoms with van der Waals surface area (Å²) in [5, 5.41) is 10.4. The third-order valence-electron chi connectivity index (χ3n) is 1.61. The molecular formula is C8H9Cl2N5O3S. The molecule has 19 heavy (non-hydrogen) atoms. The van der Waals surface area contributed by atoms with Crippen LogP contribution in [0.15, 0.2) is 0 Å². The number of rotatable bonds is 5. The summed E-state index contributed by atoms with van der Waals surface area (Å²) in [7, 11) is 0. The maximum absolute atomic E-state index is 11.4. The van der Waals surface area contributed by atoms with E-state index in [0.717, 1.165) is 11.3 Å². The van der Waals surface area contributed by atoms with Crippen LogP contribution in [-0.4, -0.2) is 39.7 Å². The van der Waals surface area contributed by atoms with E-state index in [1.165, 1.54) is 0 Å². The number of carbonyl (C=O) groups is 3. The molecule has 0 saturated carbocycles. The summed E-state index contributed by atoms with van der Waals surface area (Å²) in [6.07, 6.45) is -0.0863. The molecule has 3 amide bonds. The van der Waals surface area contributed by atoms with Gasteiger partial charge in [-0.25, -0.2) is 0 Å². The number of hydrogen-bond donors (Lipinski definition) is 3. The van der Waals surface area contributed by atoms with Crippen LogP contribution in [0.3, 0.4) is 0 Å². The Kier molecular flexibility index (Phi) is 6.46. The minimum absolute atomic E-state index is 0.0863. The Bertz CT molecular complexity index is 481. The average Bonchev–Trinajstić information content (AvgIpc) is 2.82. The minimum Gasteiger partial charge on any atom is -0.299 e. The SMILES string of the molecule is O=C(CCl)NNC(=O)Cc1nnc(NC(=O)CCl)s1. The molecule has 0 aliphatic carbocycles. The van der Waals surface area contributed by atoms with Gasteiger partial charge in [-0.05, 0) is 0 Å². The number of halogens is 2. The van der Waals surface area contributed by atoms with Gasteiger partial charge in [-0.2, -0.15) is 0 Å². The van der Waals surface area contributed by atoms with Gasteiger partial charge in [-0.3, -0.25) is 30.6 Å². The van der Waals surface area contributed by atoms with Crippen molar-refractivity contribution in [2.45, 2.75) is 6.42 Å². The first-order valence-corrected chi connectivity index (χ1v) is 6.75. The van der Waals surface area contributed by atoms with Gasteiger partial charge in [0.1, 0.15) is 16.8 Å². The Balaban J connectivity index is 2.42. The van der Waals surface area contributed by atoms with Crippen LogP contribution in [0.2, 0.25) is 0 Å². The van der Waals surface area contributed by atoms with E-state index >= 15 is 0 Å². The Hall–Kier alpha value is -1.45. The molecule has 0 unspecified atom stereocenters. The number of hydrogen-bond acceptors (Lipinski definition) is 6. The van der Waals surface area contributed by atoms with Crippen molar-refractivity contribution in [3.05, 3.63) is 5.01 Å². The van der Waals surface area contributed by atoms with Crippen molar-refractivity contribution in [3.63, 3.8) is 0 Å². The third kappa shape index (κ3) is 5.81. The number of aromatic nitrogens is 2. The summed E-state index contributed by atoms with van der Waals surface area (Å²) in [6.45, 7) is 0. The molecule has 3 N–H and O–H groups in total. The smallest absolute Gasteiger partial charge is 0.253 e. The van der Waals surface area contributed by atoms with Crippen molar-refractivity contribution in [3.8, 4) is 0 Å². The fourth-order valence-corrected chi connectivity index (χ4v) is 1.77. The minimum atomic E-state index is -0.526. The monoisotopic (exact) mass is 325 g/mol. The van der Waals surface area contributed by atoms with Crippen LogP contribution in [0, 0.1) is 0 Å². The summed E-state index contributed by atoms with van der Waals surface area (Å²) in [6, 6.07) is 0. The van der Waals surface area contributed by atoms with Crippen molar-refractivity contribution in [1.82, 2.24) is 21.0 Å². The number of hydrazine groups is 1. The normalized spacial score (nSPS) is 9.79. The van der Waals surface area contributed by atoms with E-state index in [-0.39, 0.29) is 23.3 Å². The van der Waals surface area contributed by atoms with Crippen LogP contribution in [0.1, 0.15) is 5.01 Å². The fourth-order valence-electron chi connectivity index (χ4n) is 0.883. The van der Waals surface area contributed by atoms with E-state index < -0.39 is 17.7 Å². The molecule has 0 aliphatic heterocycles. The third-order valence-corrected chi connectivity index (χ3v) is 2.93. The van der Waals surface area contributed by atoms with Gasteiger partial charge in [-0.15, -0.1) is 33.4 Å². The first-order valence-electron chi connectivity index (χ1n) is 4.87. The highest BCUT2D eigenvalue weighted by Gasteiger charge is 2.11. The molecule has 11 heteroatoms. The van der Waals surface area contributed by atoms with Gasteiger partial charge >= 0.3 is 0 Å². The molecule has 0 fully saturated rings. The van der Waals surface area contributed by atoms with Gasteiger partial charge in [0.05, 0.1) is 6.42 Å². The second-order valence-electron chi connectivity index (χ2n) is 3.09. The van der Waals surface area contributed by atoms with E-state index in [4.69, 9.17) is 23.2 Å². The predicted molar refractivity (Wildman–Crippen MR) is 70.0 cm³/mol. The molecule has 1 heterocycles. The zero-order chi connectivity index (χ0) is 14.3. The maximum Gasteiger partial charge on any atom is 0.253 e. The first-order chi connectivity index (χ1) is 9.05. The second-order valence-corrected chi connectivity index (χ2v) is 4.69. The summed E-state index contributed by atoms with van der Waals surface area (Å²) in [5.41, 5.74) is 4.25. The lowest BCUT2D eigenvalue weighted by Crippen LogP contribution is -2.42. The lowest BCUT2D eigenvalue weighted by atomic mass is 10.4. The molecule has 1 aromatic heterocycles. The Morgan fingerprint density at radius 2 is 1.63 bits per heavy atom. The Morgan fingerprint density at radius 3 is 2.26 bits per heavy atom. The van der Waals surface area contributed by atoms with E-state index in [0.29, 0.717) is 5.01 Å². The quantitative estimate of drug-likeness (QED) is 0.505. The van der Waals surface area contributed by atoms with E-state index in [1.54, 1.807) is 0 Å². The molecule has 0 aliphatic rings. The molecular weight excluding hydrogens is 317 g/mol. The largest absolute Gasteiger partial charge is 0.299 e. The van der Waals surface area contributed by atoms with E-state index in [1.807, 2.05) is 0 Å². The number of carbonyl (C=O) groups excluding carboxylic acids is 3. The van der Waals surface area contributed by atoms with Crippen molar-refractivity contribution in [1.29, 1.82) is 0 Å². The topological polar surface area (TPSA) is 113 Å². The summed E-state index contributed by atoms with van der Waals surface area (Å²) >= 11 is 11.6. The van der Waals surface area contributed by atoms with E-state index in [2.05, 4.69) is 26.4 Å². The highest BCUT2D eigenvalue weighted by Crippen LogP contribution is 2.15. The fraction of sp³-hybridized carbons (Fsp3) is 0.375.